The molecule has 84 valence electrons. The first kappa shape index (κ1) is 10.6. The molecular formula is C11H13N3O2. The summed E-state index contributed by atoms with van der Waals surface area (Å²) in [4.78, 5) is 8.61. The molecule has 1 N–H and O–H groups in total. The molecule has 2 aromatic rings. The highest BCUT2D eigenvalue weighted by Crippen LogP contribution is 2.20. The average Bonchev–Trinajstić information content (AvgIpc) is 2.82. The second-order valence-electron chi connectivity index (χ2n) is 3.21. The van der Waals surface area contributed by atoms with Gasteiger partial charge in [0.15, 0.2) is 11.6 Å². The van der Waals surface area contributed by atoms with Gasteiger partial charge in [0.1, 0.15) is 18.1 Å². The average molecular weight is 219 g/mol. The molecule has 2 aromatic heterocycles. The van der Waals surface area contributed by atoms with E-state index in [9.17, 15) is 0 Å². The number of methoxy groups -OCH3 is 1. The third-order valence-corrected chi connectivity index (χ3v) is 2.08. The Morgan fingerprint density at radius 3 is 2.94 bits per heavy atom. The van der Waals surface area contributed by atoms with E-state index in [0.717, 1.165) is 17.3 Å². The van der Waals surface area contributed by atoms with E-state index < -0.39 is 0 Å². The molecule has 0 saturated heterocycles. The zero-order chi connectivity index (χ0) is 11.4. The maximum Gasteiger partial charge on any atom is 0.157 e. The molecular weight excluding hydrogens is 206 g/mol. The lowest BCUT2D eigenvalue weighted by Gasteiger charge is -2.05. The van der Waals surface area contributed by atoms with Gasteiger partial charge in [-0.05, 0) is 12.1 Å². The maximum absolute atomic E-state index is 5.29. The number of nitrogens with one attached hydrogen (secondary N) is 1. The molecule has 0 aliphatic carbocycles. The van der Waals surface area contributed by atoms with Crippen molar-refractivity contribution in [3.63, 3.8) is 0 Å². The molecule has 0 radical (unpaired) electrons. The molecule has 0 spiro atoms. The highest BCUT2D eigenvalue weighted by molar-refractivity contribution is 5.56. The molecule has 0 unspecified atom stereocenters. The molecule has 0 aromatic carbocycles. The van der Waals surface area contributed by atoms with Gasteiger partial charge in [-0.3, -0.25) is 0 Å². The van der Waals surface area contributed by atoms with Gasteiger partial charge in [-0.25, -0.2) is 9.97 Å². The van der Waals surface area contributed by atoms with E-state index in [1.165, 1.54) is 0 Å². The van der Waals surface area contributed by atoms with Crippen LogP contribution in [-0.2, 0) is 11.3 Å². The number of ether oxygens (including phenoxy) is 1. The van der Waals surface area contributed by atoms with Gasteiger partial charge in [-0.15, -0.1) is 0 Å². The molecule has 2 heterocycles. The van der Waals surface area contributed by atoms with Crippen LogP contribution in [-0.4, -0.2) is 24.1 Å². The molecule has 0 aliphatic heterocycles. The van der Waals surface area contributed by atoms with E-state index in [1.54, 1.807) is 13.4 Å². The second-order valence-corrected chi connectivity index (χ2v) is 3.21. The minimum absolute atomic E-state index is 0.378. The highest BCUT2D eigenvalue weighted by atomic mass is 16.5. The molecule has 16 heavy (non-hydrogen) atoms. The van der Waals surface area contributed by atoms with Gasteiger partial charge in [0, 0.05) is 20.2 Å². The lowest BCUT2D eigenvalue weighted by Crippen LogP contribution is -2.02. The maximum atomic E-state index is 5.29. The van der Waals surface area contributed by atoms with Gasteiger partial charge in [0.2, 0.25) is 0 Å². The fraction of sp³-hybridized carbons (Fsp3) is 0.273. The van der Waals surface area contributed by atoms with Crippen molar-refractivity contribution in [1.82, 2.24) is 9.97 Å². The van der Waals surface area contributed by atoms with Crippen molar-refractivity contribution in [2.45, 2.75) is 6.61 Å². The first-order chi connectivity index (χ1) is 7.83. The fourth-order valence-corrected chi connectivity index (χ4v) is 1.37. The van der Waals surface area contributed by atoms with E-state index in [-0.39, 0.29) is 0 Å². The Hall–Kier alpha value is -1.88. The van der Waals surface area contributed by atoms with Gasteiger partial charge >= 0.3 is 0 Å². The van der Waals surface area contributed by atoms with Crippen molar-refractivity contribution in [2.75, 3.05) is 19.5 Å². The molecule has 0 fully saturated rings. The molecule has 0 amide bonds. The van der Waals surface area contributed by atoms with Gasteiger partial charge in [-0.2, -0.15) is 0 Å². The standard InChI is InChI=1S/C11H13N3O2/c1-12-10-6-8(9-4-3-5-16-9)13-11(14-10)7-15-2/h3-6H,7H2,1-2H3,(H,12,13,14). The number of aromatic nitrogens is 2. The summed E-state index contributed by atoms with van der Waals surface area (Å²) in [5.41, 5.74) is 0.747. The first-order valence-corrected chi connectivity index (χ1v) is 4.92. The van der Waals surface area contributed by atoms with Crippen molar-refractivity contribution in [1.29, 1.82) is 0 Å². The molecule has 2 rings (SSSR count). The normalized spacial score (nSPS) is 10.4. The highest BCUT2D eigenvalue weighted by Gasteiger charge is 2.07. The minimum atomic E-state index is 0.378. The second kappa shape index (κ2) is 4.76. The number of hydrogen-bond acceptors (Lipinski definition) is 5. The number of furan rings is 1. The summed E-state index contributed by atoms with van der Waals surface area (Å²) in [6.07, 6.45) is 1.62. The van der Waals surface area contributed by atoms with Gasteiger partial charge in [0.05, 0.1) is 6.26 Å². The van der Waals surface area contributed by atoms with E-state index >= 15 is 0 Å². The van der Waals surface area contributed by atoms with Crippen LogP contribution >= 0.6 is 0 Å². The lowest BCUT2D eigenvalue weighted by molar-refractivity contribution is 0.178. The van der Waals surface area contributed by atoms with Crippen molar-refractivity contribution in [3.05, 3.63) is 30.3 Å². The fourth-order valence-electron chi connectivity index (χ4n) is 1.37. The molecule has 0 saturated carbocycles. The van der Waals surface area contributed by atoms with Crippen molar-refractivity contribution >= 4 is 5.82 Å². The van der Waals surface area contributed by atoms with Crippen LogP contribution in [0, 0.1) is 0 Å². The van der Waals surface area contributed by atoms with Crippen molar-refractivity contribution < 1.29 is 9.15 Å². The van der Waals surface area contributed by atoms with E-state index in [0.29, 0.717) is 12.4 Å². The third kappa shape index (κ3) is 2.20. The van der Waals surface area contributed by atoms with Gasteiger partial charge < -0.3 is 14.5 Å². The van der Waals surface area contributed by atoms with Crippen LogP contribution in [0.1, 0.15) is 5.82 Å². The number of anilines is 1. The summed E-state index contributed by atoms with van der Waals surface area (Å²) >= 11 is 0. The number of hydrogen-bond donors (Lipinski definition) is 1. The Labute approximate surface area is 93.5 Å². The van der Waals surface area contributed by atoms with Crippen LogP contribution in [0.3, 0.4) is 0 Å². The molecule has 0 atom stereocenters. The number of nitrogens with zero attached hydrogens (tertiary/aromatic N) is 2. The zero-order valence-electron chi connectivity index (χ0n) is 9.23. The van der Waals surface area contributed by atoms with Crippen LogP contribution in [0.15, 0.2) is 28.9 Å². The van der Waals surface area contributed by atoms with Gasteiger partial charge in [-0.1, -0.05) is 0 Å². The predicted octanol–water partition coefficient (Wildman–Crippen LogP) is 1.92. The quantitative estimate of drug-likeness (QED) is 0.851. The number of rotatable bonds is 4. The van der Waals surface area contributed by atoms with Gasteiger partial charge in [0.25, 0.3) is 0 Å². The summed E-state index contributed by atoms with van der Waals surface area (Å²) in [6.45, 7) is 0.378. The lowest BCUT2D eigenvalue weighted by atomic mass is 10.3. The van der Waals surface area contributed by atoms with E-state index in [2.05, 4.69) is 15.3 Å². The summed E-state index contributed by atoms with van der Waals surface area (Å²) in [7, 11) is 3.42. The van der Waals surface area contributed by atoms with Crippen LogP contribution in [0.25, 0.3) is 11.5 Å². The molecule has 5 nitrogen and oxygen atoms in total. The van der Waals surface area contributed by atoms with Crippen LogP contribution in [0.4, 0.5) is 5.82 Å². The Morgan fingerprint density at radius 1 is 1.44 bits per heavy atom. The summed E-state index contributed by atoms with van der Waals surface area (Å²) < 4.78 is 10.3. The minimum Gasteiger partial charge on any atom is -0.463 e. The Kier molecular flexibility index (Phi) is 3.16. The summed E-state index contributed by atoms with van der Waals surface area (Å²) in [5, 5.41) is 2.98. The molecule has 0 bridgehead atoms. The molecule has 5 heteroatoms. The van der Waals surface area contributed by atoms with Crippen LogP contribution in [0.2, 0.25) is 0 Å². The first-order valence-electron chi connectivity index (χ1n) is 4.92. The summed E-state index contributed by atoms with van der Waals surface area (Å²) in [6, 6.07) is 5.52. The topological polar surface area (TPSA) is 60.2 Å². The predicted molar refractivity (Wildman–Crippen MR) is 60.0 cm³/mol. The Morgan fingerprint density at radius 2 is 2.31 bits per heavy atom. The largest absolute Gasteiger partial charge is 0.463 e. The van der Waals surface area contributed by atoms with Crippen molar-refractivity contribution in [2.24, 2.45) is 0 Å². The Bertz CT molecular complexity index is 454. The van der Waals surface area contributed by atoms with E-state index in [1.807, 2.05) is 25.2 Å². The Balaban J connectivity index is 2.41. The smallest absolute Gasteiger partial charge is 0.157 e. The monoisotopic (exact) mass is 219 g/mol. The molecule has 0 aliphatic rings. The van der Waals surface area contributed by atoms with Crippen LogP contribution < -0.4 is 5.32 Å². The van der Waals surface area contributed by atoms with Crippen molar-refractivity contribution in [3.8, 4) is 11.5 Å². The third-order valence-electron chi connectivity index (χ3n) is 2.08. The van der Waals surface area contributed by atoms with E-state index in [4.69, 9.17) is 9.15 Å². The zero-order valence-corrected chi connectivity index (χ0v) is 9.23. The van der Waals surface area contributed by atoms with Crippen LogP contribution in [0.5, 0.6) is 0 Å². The SMILES string of the molecule is CNc1cc(-c2ccco2)nc(COC)n1. The summed E-state index contributed by atoms with van der Waals surface area (Å²) in [5.74, 6) is 2.09.